The molecule has 1 aliphatic rings. The van der Waals surface area contributed by atoms with Crippen molar-refractivity contribution in [1.29, 1.82) is 0 Å². The molecule has 41 heavy (non-hydrogen) atoms. The molecule has 6 rings (SSSR count). The number of halogens is 2. The average molecular weight is 710 g/mol. The Hall–Kier alpha value is -3.22. The lowest BCUT2D eigenvalue weighted by Gasteiger charge is -2.28. The van der Waals surface area contributed by atoms with E-state index in [0.717, 1.165) is 30.3 Å². The highest BCUT2D eigenvalue weighted by Gasteiger charge is 2.29. The number of thiazole rings is 1. The molecule has 2 heterocycles. The van der Waals surface area contributed by atoms with Crippen molar-refractivity contribution in [3.05, 3.63) is 122 Å². The molecule has 0 bridgehead atoms. The molecule has 206 valence electrons. The van der Waals surface area contributed by atoms with E-state index in [2.05, 4.69) is 41.9 Å². The molecule has 0 aliphatic carbocycles. The minimum atomic E-state index is -3.73. The molecular weight excluding hydrogens is 688 g/mol. The molecule has 1 amide bonds. The second-order valence-corrected chi connectivity index (χ2v) is 14.2. The first-order valence-corrected chi connectivity index (χ1v) is 16.5. The molecule has 0 atom stereocenters. The zero-order valence-corrected chi connectivity index (χ0v) is 26.2. The third-order valence-electron chi connectivity index (χ3n) is 6.74. The van der Waals surface area contributed by atoms with Crippen LogP contribution in [-0.2, 0) is 23.0 Å². The van der Waals surface area contributed by atoms with Crippen LogP contribution in [0.1, 0.15) is 27.0 Å². The summed E-state index contributed by atoms with van der Waals surface area (Å²) in [5, 5.41) is 6.17. The number of hydrazone groups is 1. The van der Waals surface area contributed by atoms with Gasteiger partial charge in [0.25, 0.3) is 5.91 Å². The molecule has 0 N–H and O–H groups in total. The number of nitrogens with zero attached hydrogens (tertiary/aromatic N) is 4. The number of hydrogen-bond acceptors (Lipinski definition) is 6. The molecule has 0 saturated heterocycles. The maximum absolute atomic E-state index is 13.8. The van der Waals surface area contributed by atoms with E-state index in [9.17, 15) is 13.2 Å². The second kappa shape index (κ2) is 11.6. The van der Waals surface area contributed by atoms with Crippen molar-refractivity contribution in [2.45, 2.75) is 17.9 Å². The van der Waals surface area contributed by atoms with E-state index in [4.69, 9.17) is 0 Å². The van der Waals surface area contributed by atoms with Crippen molar-refractivity contribution >= 4 is 80.7 Å². The summed E-state index contributed by atoms with van der Waals surface area (Å²) < 4.78 is 31.1. The highest BCUT2D eigenvalue weighted by atomic mass is 79.9. The standard InChI is InChI=1S/C30H22Br2N4O3S2/c31-24-9-5-20(6-10-24)18-33-36(30-34-27-14-11-25(32)17-28(27)40-30)29(37)22-7-12-26(13-8-22)41(38,39)35-16-15-21-3-1-2-4-23(21)19-35/h1-14,17-18H,15-16,19H2/b33-18+. The highest BCUT2D eigenvalue weighted by molar-refractivity contribution is 9.10. The van der Waals surface area contributed by atoms with E-state index in [-0.39, 0.29) is 4.90 Å². The Bertz CT molecular complexity index is 1890. The minimum absolute atomic E-state index is 0.142. The number of fused-ring (bicyclic) bond motifs is 2. The van der Waals surface area contributed by atoms with Crippen LogP contribution in [0.15, 0.2) is 110 Å². The molecule has 4 aromatic carbocycles. The Morgan fingerprint density at radius 3 is 2.39 bits per heavy atom. The van der Waals surface area contributed by atoms with Gasteiger partial charge in [0.05, 0.1) is 21.3 Å². The topological polar surface area (TPSA) is 82.9 Å². The summed E-state index contributed by atoms with van der Waals surface area (Å²) in [6, 6.07) is 27.2. The van der Waals surface area contributed by atoms with Crippen LogP contribution < -0.4 is 5.01 Å². The van der Waals surface area contributed by atoms with Crippen molar-refractivity contribution in [3.63, 3.8) is 0 Å². The molecular formula is C30H22Br2N4O3S2. The van der Waals surface area contributed by atoms with Gasteiger partial charge in [-0.15, -0.1) is 0 Å². The first kappa shape index (κ1) is 27.9. The smallest absolute Gasteiger partial charge is 0.267 e. The van der Waals surface area contributed by atoms with Crippen molar-refractivity contribution in [2.24, 2.45) is 5.10 Å². The highest BCUT2D eigenvalue weighted by Crippen LogP contribution is 2.32. The summed E-state index contributed by atoms with van der Waals surface area (Å²) in [6.45, 7) is 0.734. The number of amides is 1. The van der Waals surface area contributed by atoms with Crippen LogP contribution in [0.3, 0.4) is 0 Å². The second-order valence-electron chi connectivity index (χ2n) is 9.40. The Kier molecular flexibility index (Phi) is 7.88. The largest absolute Gasteiger partial charge is 0.280 e. The lowest BCUT2D eigenvalue weighted by atomic mass is 10.0. The number of carbonyl (C=O) groups excluding carboxylic acids is 1. The summed E-state index contributed by atoms with van der Waals surface area (Å²) >= 11 is 8.25. The molecule has 0 spiro atoms. The van der Waals surface area contributed by atoms with Gasteiger partial charge in [0.1, 0.15) is 0 Å². The van der Waals surface area contributed by atoms with E-state index in [1.165, 1.54) is 50.5 Å². The summed E-state index contributed by atoms with van der Waals surface area (Å²) in [5.74, 6) is -0.424. The summed E-state index contributed by atoms with van der Waals surface area (Å²) in [4.78, 5) is 18.6. The van der Waals surface area contributed by atoms with E-state index in [1.807, 2.05) is 66.7 Å². The van der Waals surface area contributed by atoms with Gasteiger partial charge in [-0.2, -0.15) is 14.4 Å². The van der Waals surface area contributed by atoms with E-state index >= 15 is 0 Å². The third-order valence-corrected chi connectivity index (χ3v) is 10.6. The van der Waals surface area contributed by atoms with Crippen LogP contribution in [0.2, 0.25) is 0 Å². The van der Waals surface area contributed by atoms with Crippen LogP contribution >= 0.6 is 43.2 Å². The first-order valence-electron chi connectivity index (χ1n) is 12.6. The van der Waals surface area contributed by atoms with Crippen LogP contribution in [0.4, 0.5) is 5.13 Å². The Balaban J connectivity index is 1.30. The fourth-order valence-corrected chi connectivity index (χ4v) is 7.71. The average Bonchev–Trinajstić information content (AvgIpc) is 3.40. The van der Waals surface area contributed by atoms with Gasteiger partial charge >= 0.3 is 0 Å². The van der Waals surface area contributed by atoms with Crippen molar-refractivity contribution in [1.82, 2.24) is 9.29 Å². The SMILES string of the molecule is O=C(c1ccc(S(=O)(=O)N2CCc3ccccc3C2)cc1)N(/N=C/c1ccc(Br)cc1)c1nc2ccc(Br)cc2s1. The molecule has 0 unspecified atom stereocenters. The normalized spacial score (nSPS) is 13.9. The minimum Gasteiger partial charge on any atom is -0.267 e. The predicted molar refractivity (Wildman–Crippen MR) is 170 cm³/mol. The summed E-state index contributed by atoms with van der Waals surface area (Å²) in [6.07, 6.45) is 2.26. The van der Waals surface area contributed by atoms with Gasteiger partial charge in [-0.1, -0.05) is 79.6 Å². The Morgan fingerprint density at radius 1 is 0.927 bits per heavy atom. The number of sulfonamides is 1. The summed E-state index contributed by atoms with van der Waals surface area (Å²) in [7, 11) is -3.73. The van der Waals surface area contributed by atoms with Crippen LogP contribution in [0.25, 0.3) is 10.2 Å². The third kappa shape index (κ3) is 5.91. The fourth-order valence-electron chi connectivity index (χ4n) is 4.55. The predicted octanol–water partition coefficient (Wildman–Crippen LogP) is 7.25. The van der Waals surface area contributed by atoms with Gasteiger partial charge < -0.3 is 0 Å². The number of carbonyl (C=O) groups is 1. The fraction of sp³-hybridized carbons (Fsp3) is 0.100. The lowest BCUT2D eigenvalue weighted by Crippen LogP contribution is -2.36. The monoisotopic (exact) mass is 708 g/mol. The van der Waals surface area contributed by atoms with Gasteiger partial charge in [0.15, 0.2) is 0 Å². The van der Waals surface area contributed by atoms with Crippen molar-refractivity contribution in [3.8, 4) is 0 Å². The van der Waals surface area contributed by atoms with Gasteiger partial charge in [-0.25, -0.2) is 13.4 Å². The van der Waals surface area contributed by atoms with E-state index in [0.29, 0.717) is 30.2 Å². The lowest BCUT2D eigenvalue weighted by molar-refractivity contribution is 0.0987. The molecule has 0 radical (unpaired) electrons. The van der Waals surface area contributed by atoms with Gasteiger partial charge in [-0.3, -0.25) is 4.79 Å². The molecule has 0 saturated carbocycles. The molecule has 5 aromatic rings. The molecule has 7 nitrogen and oxygen atoms in total. The number of rotatable bonds is 6. The van der Waals surface area contributed by atoms with E-state index < -0.39 is 15.9 Å². The number of aromatic nitrogens is 1. The van der Waals surface area contributed by atoms with Crippen molar-refractivity contribution in [2.75, 3.05) is 11.6 Å². The summed E-state index contributed by atoms with van der Waals surface area (Å²) in [5.41, 5.74) is 4.03. The number of benzene rings is 4. The maximum Gasteiger partial charge on any atom is 0.280 e. The van der Waals surface area contributed by atoms with Crippen LogP contribution in [-0.4, -0.2) is 36.4 Å². The zero-order chi connectivity index (χ0) is 28.6. The Morgan fingerprint density at radius 2 is 1.63 bits per heavy atom. The Labute approximate surface area is 258 Å². The molecule has 1 aliphatic heterocycles. The quantitative estimate of drug-likeness (QED) is 0.137. The van der Waals surface area contributed by atoms with E-state index in [1.54, 1.807) is 6.21 Å². The molecule has 11 heteroatoms. The number of hydrogen-bond donors (Lipinski definition) is 0. The first-order chi connectivity index (χ1) is 19.8. The zero-order valence-electron chi connectivity index (χ0n) is 21.4. The molecule has 1 aromatic heterocycles. The van der Waals surface area contributed by atoms with Gasteiger partial charge in [-0.05, 0) is 77.7 Å². The maximum atomic E-state index is 13.8. The van der Waals surface area contributed by atoms with Crippen LogP contribution in [0, 0.1) is 0 Å². The van der Waals surface area contributed by atoms with Gasteiger partial charge in [0.2, 0.25) is 15.2 Å². The van der Waals surface area contributed by atoms with Crippen molar-refractivity contribution < 1.29 is 13.2 Å². The molecule has 0 fully saturated rings. The van der Waals surface area contributed by atoms with Gasteiger partial charge in [0, 0.05) is 27.6 Å². The number of anilines is 1. The van der Waals surface area contributed by atoms with Crippen LogP contribution in [0.5, 0.6) is 0 Å².